The second kappa shape index (κ2) is 9.92. The lowest BCUT2D eigenvalue weighted by Gasteiger charge is -2.18. The maximum Gasteiger partial charge on any atom is 0.145 e. The van der Waals surface area contributed by atoms with Crippen LogP contribution in [0.1, 0.15) is 24.4 Å². The highest BCUT2D eigenvalue weighted by Crippen LogP contribution is 2.37. The first-order valence-corrected chi connectivity index (χ1v) is 10.8. The first-order valence-electron chi connectivity index (χ1n) is 10.8. The van der Waals surface area contributed by atoms with E-state index in [2.05, 4.69) is 56.7 Å². The van der Waals surface area contributed by atoms with Crippen molar-refractivity contribution in [3.05, 3.63) is 54.5 Å². The van der Waals surface area contributed by atoms with Crippen molar-refractivity contribution in [1.29, 1.82) is 0 Å². The quantitative estimate of drug-likeness (QED) is 0.346. The van der Waals surface area contributed by atoms with Crippen molar-refractivity contribution in [2.45, 2.75) is 37.5 Å². The number of aromatic nitrogens is 3. The maximum absolute atomic E-state index is 10.7. The van der Waals surface area contributed by atoms with Gasteiger partial charge in [-0.15, -0.1) is 5.92 Å². The number of aliphatic hydroxyl groups is 2. The minimum atomic E-state index is -0.883. The van der Waals surface area contributed by atoms with E-state index in [0.29, 0.717) is 12.8 Å². The van der Waals surface area contributed by atoms with Crippen LogP contribution in [0.2, 0.25) is 0 Å². The lowest BCUT2D eigenvalue weighted by atomic mass is 10.1. The van der Waals surface area contributed by atoms with E-state index in [1.54, 1.807) is 0 Å². The van der Waals surface area contributed by atoms with Gasteiger partial charge in [0.05, 0.1) is 23.4 Å². The highest BCUT2D eigenvalue weighted by molar-refractivity contribution is 5.87. The van der Waals surface area contributed by atoms with Crippen molar-refractivity contribution in [2.75, 3.05) is 25.5 Å². The molecular formula is C24H29N5O2. The fraction of sp³-hybridized carbons (Fsp3) is 0.417. The summed E-state index contributed by atoms with van der Waals surface area (Å²) in [5, 5.41) is 28.5. The molecule has 2 heterocycles. The molecule has 0 spiro atoms. The number of hydrogen-bond donors (Lipinski definition) is 4. The van der Waals surface area contributed by atoms with Crippen LogP contribution in [0.5, 0.6) is 0 Å². The van der Waals surface area contributed by atoms with Gasteiger partial charge in [-0.3, -0.25) is 0 Å². The molecule has 3 aromatic rings. The zero-order valence-electron chi connectivity index (χ0n) is 17.7. The Balaban J connectivity index is 1.31. The number of aliphatic hydroxyl groups excluding tert-OH is 2. The van der Waals surface area contributed by atoms with E-state index < -0.39 is 12.2 Å². The van der Waals surface area contributed by atoms with Crippen molar-refractivity contribution in [3.63, 3.8) is 0 Å². The van der Waals surface area contributed by atoms with Gasteiger partial charge in [-0.05, 0) is 31.0 Å². The first kappa shape index (κ1) is 21.3. The van der Waals surface area contributed by atoms with Crippen LogP contribution in [0, 0.1) is 17.8 Å². The van der Waals surface area contributed by atoms with Crippen molar-refractivity contribution in [3.8, 4) is 11.8 Å². The van der Waals surface area contributed by atoms with Crippen molar-refractivity contribution >= 4 is 16.9 Å². The fourth-order valence-corrected chi connectivity index (χ4v) is 4.22. The van der Waals surface area contributed by atoms with Crippen LogP contribution >= 0.6 is 0 Å². The molecule has 162 valence electrons. The van der Waals surface area contributed by atoms with Crippen LogP contribution < -0.4 is 10.6 Å². The average molecular weight is 420 g/mol. The highest BCUT2D eigenvalue weighted by atomic mass is 16.3. The van der Waals surface area contributed by atoms with Gasteiger partial charge in [-0.2, -0.15) is 0 Å². The molecule has 0 amide bonds. The van der Waals surface area contributed by atoms with Crippen molar-refractivity contribution in [1.82, 2.24) is 19.9 Å². The molecule has 31 heavy (non-hydrogen) atoms. The standard InChI is InChI=1S/C24H29N5O2/c1-25-23-19-11-14-29(24(19)28-16-27-23)20-15-18(21(30)22(20)31)9-5-6-12-26-13-10-17-7-3-2-4-8-17/h2-4,7-8,11,14,16,18,20-22,26,30-31H,6,10,12-13,15H2,1H3,(H,25,27,28)/t18-,20+,21+,22-/m0/s1. The molecule has 0 radical (unpaired) electrons. The van der Waals surface area contributed by atoms with E-state index in [1.807, 2.05) is 29.9 Å². The summed E-state index contributed by atoms with van der Waals surface area (Å²) in [6, 6.07) is 12.1. The fourth-order valence-electron chi connectivity index (χ4n) is 4.22. The monoisotopic (exact) mass is 419 g/mol. The molecule has 1 aliphatic carbocycles. The molecule has 0 unspecified atom stereocenters. The summed E-state index contributed by atoms with van der Waals surface area (Å²) in [7, 11) is 1.81. The molecule has 1 fully saturated rings. The zero-order chi connectivity index (χ0) is 21.6. The Kier molecular flexibility index (Phi) is 6.82. The molecular weight excluding hydrogens is 390 g/mol. The average Bonchev–Trinajstić information content (AvgIpc) is 3.35. The van der Waals surface area contributed by atoms with E-state index in [1.165, 1.54) is 11.9 Å². The van der Waals surface area contributed by atoms with Gasteiger partial charge in [0.15, 0.2) is 0 Å². The second-order valence-corrected chi connectivity index (χ2v) is 7.88. The van der Waals surface area contributed by atoms with E-state index in [9.17, 15) is 10.2 Å². The molecule has 4 N–H and O–H groups in total. The van der Waals surface area contributed by atoms with Gasteiger partial charge in [-0.25, -0.2) is 9.97 Å². The Morgan fingerprint density at radius 2 is 1.94 bits per heavy atom. The molecule has 4 atom stereocenters. The van der Waals surface area contributed by atoms with Crippen LogP contribution in [0.15, 0.2) is 48.9 Å². The normalized spacial score (nSPS) is 22.9. The predicted octanol–water partition coefficient (Wildman–Crippen LogP) is 1.98. The van der Waals surface area contributed by atoms with E-state index >= 15 is 0 Å². The number of nitrogens with zero attached hydrogens (tertiary/aromatic N) is 3. The summed E-state index contributed by atoms with van der Waals surface area (Å²) in [5.41, 5.74) is 2.06. The third kappa shape index (κ3) is 4.72. The first-order chi connectivity index (χ1) is 15.2. The van der Waals surface area contributed by atoms with Gasteiger partial charge in [0.2, 0.25) is 0 Å². The topological polar surface area (TPSA) is 95.2 Å². The summed E-state index contributed by atoms with van der Waals surface area (Å²) in [4.78, 5) is 8.61. The summed E-state index contributed by atoms with van der Waals surface area (Å²) in [5.74, 6) is 6.83. The Morgan fingerprint density at radius 3 is 2.74 bits per heavy atom. The lowest BCUT2D eigenvalue weighted by molar-refractivity contribution is 0.0150. The third-order valence-corrected chi connectivity index (χ3v) is 5.90. The number of benzene rings is 1. The van der Waals surface area contributed by atoms with Crippen LogP contribution in [-0.2, 0) is 6.42 Å². The summed E-state index contributed by atoms with van der Waals surface area (Å²) < 4.78 is 1.93. The van der Waals surface area contributed by atoms with E-state index in [-0.39, 0.29) is 12.0 Å². The molecule has 0 bridgehead atoms. The summed E-state index contributed by atoms with van der Waals surface area (Å²) >= 11 is 0. The molecule has 0 aliphatic heterocycles. The highest BCUT2D eigenvalue weighted by Gasteiger charge is 2.42. The van der Waals surface area contributed by atoms with E-state index in [0.717, 1.165) is 36.4 Å². The molecule has 7 heteroatoms. The molecule has 0 saturated heterocycles. The predicted molar refractivity (Wildman–Crippen MR) is 122 cm³/mol. The van der Waals surface area contributed by atoms with Gasteiger partial charge in [0, 0.05) is 26.2 Å². The minimum Gasteiger partial charge on any atom is -0.389 e. The Hall–Kier alpha value is -2.92. The summed E-state index contributed by atoms with van der Waals surface area (Å²) in [6.07, 6.45) is 3.94. The smallest absolute Gasteiger partial charge is 0.145 e. The Morgan fingerprint density at radius 1 is 1.10 bits per heavy atom. The van der Waals surface area contributed by atoms with Crippen LogP contribution in [0.25, 0.3) is 11.0 Å². The number of rotatable bonds is 7. The number of anilines is 1. The Bertz CT molecular complexity index is 1060. The van der Waals surface area contributed by atoms with E-state index in [4.69, 9.17) is 0 Å². The lowest BCUT2D eigenvalue weighted by Crippen LogP contribution is -2.29. The molecule has 1 aromatic carbocycles. The zero-order valence-corrected chi connectivity index (χ0v) is 17.7. The molecule has 1 aliphatic rings. The van der Waals surface area contributed by atoms with Gasteiger partial charge in [0.1, 0.15) is 23.9 Å². The van der Waals surface area contributed by atoms with Crippen molar-refractivity contribution < 1.29 is 10.2 Å². The number of fused-ring (bicyclic) bond motifs is 1. The number of hydrogen-bond acceptors (Lipinski definition) is 6. The van der Waals surface area contributed by atoms with Crippen LogP contribution in [0.3, 0.4) is 0 Å². The molecule has 4 rings (SSSR count). The SMILES string of the molecule is CNc1ncnc2c1ccn2[C@@H]1C[C@H](C#CCCNCCc2ccccc2)[C@@H](O)[C@H]1O. The molecule has 2 aromatic heterocycles. The summed E-state index contributed by atoms with van der Waals surface area (Å²) in [6.45, 7) is 1.72. The minimum absolute atomic E-state index is 0.257. The Labute approximate surface area is 182 Å². The van der Waals surface area contributed by atoms with Gasteiger partial charge in [0.25, 0.3) is 0 Å². The van der Waals surface area contributed by atoms with Gasteiger partial charge >= 0.3 is 0 Å². The van der Waals surface area contributed by atoms with Gasteiger partial charge < -0.3 is 25.4 Å². The largest absolute Gasteiger partial charge is 0.389 e. The van der Waals surface area contributed by atoms with Gasteiger partial charge in [-0.1, -0.05) is 36.3 Å². The second-order valence-electron chi connectivity index (χ2n) is 7.88. The van der Waals surface area contributed by atoms with Crippen LogP contribution in [-0.4, -0.2) is 57.1 Å². The third-order valence-electron chi connectivity index (χ3n) is 5.90. The van der Waals surface area contributed by atoms with Crippen LogP contribution in [0.4, 0.5) is 5.82 Å². The molecule has 1 saturated carbocycles. The molecule has 7 nitrogen and oxygen atoms in total. The van der Waals surface area contributed by atoms with Crippen molar-refractivity contribution in [2.24, 2.45) is 5.92 Å². The number of nitrogens with one attached hydrogen (secondary N) is 2. The maximum atomic E-state index is 10.7.